The van der Waals surface area contributed by atoms with Crippen molar-refractivity contribution in [2.45, 2.75) is 39.3 Å². The highest BCUT2D eigenvalue weighted by Crippen LogP contribution is 2.22. The van der Waals surface area contributed by atoms with Gasteiger partial charge in [-0.25, -0.2) is 4.98 Å². The van der Waals surface area contributed by atoms with Gasteiger partial charge < -0.3 is 26.3 Å². The molecule has 1 unspecified atom stereocenters. The molecule has 0 saturated heterocycles. The quantitative estimate of drug-likeness (QED) is 0.632. The first-order chi connectivity index (χ1) is 11.3. The zero-order valence-electron chi connectivity index (χ0n) is 14.3. The summed E-state index contributed by atoms with van der Waals surface area (Å²) in [7, 11) is 0. The van der Waals surface area contributed by atoms with E-state index in [4.69, 9.17) is 21.3 Å². The Labute approximate surface area is 142 Å². The second-order valence-electron chi connectivity index (χ2n) is 5.73. The molecule has 24 heavy (non-hydrogen) atoms. The highest BCUT2D eigenvalue weighted by Gasteiger charge is 2.12. The van der Waals surface area contributed by atoms with E-state index in [0.717, 1.165) is 11.4 Å². The van der Waals surface area contributed by atoms with E-state index in [2.05, 4.69) is 9.97 Å². The second-order valence-corrected chi connectivity index (χ2v) is 5.73. The number of imidazole rings is 1. The summed E-state index contributed by atoms with van der Waals surface area (Å²) in [5.41, 5.74) is 13.9. The van der Waals surface area contributed by atoms with Crippen molar-refractivity contribution in [3.8, 4) is 5.75 Å². The van der Waals surface area contributed by atoms with E-state index in [1.807, 2.05) is 39.0 Å². The van der Waals surface area contributed by atoms with Gasteiger partial charge in [0.25, 0.3) is 0 Å². The van der Waals surface area contributed by atoms with Crippen molar-refractivity contribution < 1.29 is 14.6 Å². The number of aromatic amines is 1. The molecule has 0 radical (unpaired) electrons. The van der Waals surface area contributed by atoms with Crippen LogP contribution in [0.25, 0.3) is 0 Å². The second kappa shape index (κ2) is 9.69. The summed E-state index contributed by atoms with van der Waals surface area (Å²) < 4.78 is 5.60. The zero-order valence-corrected chi connectivity index (χ0v) is 14.3. The van der Waals surface area contributed by atoms with Crippen LogP contribution in [-0.4, -0.2) is 39.7 Å². The number of carboxylic acids is 1. The Bertz CT molecular complexity index is 607. The molecule has 2 rings (SSSR count). The predicted octanol–water partition coefficient (Wildman–Crippen LogP) is 1.39. The van der Waals surface area contributed by atoms with Crippen LogP contribution in [0.4, 0.5) is 0 Å². The molecule has 7 heteroatoms. The van der Waals surface area contributed by atoms with Crippen LogP contribution in [0.3, 0.4) is 0 Å². The number of hydrogen-bond acceptors (Lipinski definition) is 5. The minimum absolute atomic E-state index is 0.0824. The van der Waals surface area contributed by atoms with Crippen molar-refractivity contribution >= 4 is 5.97 Å². The normalized spacial score (nSPS) is 12.7. The number of rotatable bonds is 6. The van der Waals surface area contributed by atoms with Gasteiger partial charge >= 0.3 is 5.97 Å². The lowest BCUT2D eigenvalue weighted by Crippen LogP contribution is -2.32. The van der Waals surface area contributed by atoms with Crippen LogP contribution in [-0.2, 0) is 11.2 Å². The molecule has 0 aliphatic rings. The smallest absolute Gasteiger partial charge is 0.320 e. The van der Waals surface area contributed by atoms with Crippen LogP contribution in [0, 0.1) is 13.8 Å². The van der Waals surface area contributed by atoms with E-state index >= 15 is 0 Å². The van der Waals surface area contributed by atoms with Gasteiger partial charge in [-0.15, -0.1) is 0 Å². The molecule has 0 aliphatic carbocycles. The maximum Gasteiger partial charge on any atom is 0.320 e. The first-order valence-corrected chi connectivity index (χ1v) is 7.71. The Hall–Kier alpha value is -2.38. The van der Waals surface area contributed by atoms with E-state index in [9.17, 15) is 4.79 Å². The fourth-order valence-corrected chi connectivity index (χ4v) is 1.96. The van der Waals surface area contributed by atoms with E-state index < -0.39 is 12.0 Å². The van der Waals surface area contributed by atoms with Crippen molar-refractivity contribution in [3.05, 3.63) is 47.5 Å². The van der Waals surface area contributed by atoms with Crippen molar-refractivity contribution in [1.29, 1.82) is 0 Å². The van der Waals surface area contributed by atoms with Crippen LogP contribution >= 0.6 is 0 Å². The predicted molar refractivity (Wildman–Crippen MR) is 93.0 cm³/mol. The first-order valence-electron chi connectivity index (χ1n) is 7.71. The summed E-state index contributed by atoms with van der Waals surface area (Å²) in [6.07, 6.45) is 3.34. The minimum Gasteiger partial charge on any atom is -0.491 e. The third kappa shape index (κ3) is 6.80. The molecule has 132 valence electrons. The van der Waals surface area contributed by atoms with Crippen molar-refractivity contribution in [2.24, 2.45) is 11.5 Å². The van der Waals surface area contributed by atoms with Gasteiger partial charge in [-0.3, -0.25) is 4.79 Å². The maximum absolute atomic E-state index is 10.3. The summed E-state index contributed by atoms with van der Waals surface area (Å²) in [5, 5.41) is 8.42. The summed E-state index contributed by atoms with van der Waals surface area (Å²) in [4.78, 5) is 16.8. The summed E-state index contributed by atoms with van der Waals surface area (Å²) >= 11 is 0. The number of aryl methyl sites for hydroxylation is 2. The number of nitrogens with one attached hydrogen (secondary N) is 1. The molecule has 1 aromatic heterocycles. The molecular weight excluding hydrogens is 308 g/mol. The van der Waals surface area contributed by atoms with Gasteiger partial charge in [0.2, 0.25) is 0 Å². The Morgan fingerprint density at radius 1 is 1.33 bits per heavy atom. The van der Waals surface area contributed by atoms with Crippen LogP contribution in [0.5, 0.6) is 5.75 Å². The van der Waals surface area contributed by atoms with Gasteiger partial charge in [0, 0.05) is 24.4 Å². The number of nitrogens with two attached hydrogens (primary N) is 2. The Morgan fingerprint density at radius 3 is 2.42 bits per heavy atom. The lowest BCUT2D eigenvalue weighted by atomic mass is 10.1. The maximum atomic E-state index is 10.3. The highest BCUT2D eigenvalue weighted by atomic mass is 16.5. The number of para-hydroxylation sites is 1. The van der Waals surface area contributed by atoms with Crippen molar-refractivity contribution in [1.82, 2.24) is 9.97 Å². The summed E-state index contributed by atoms with van der Waals surface area (Å²) in [6.45, 7) is 6.60. The topological polar surface area (TPSA) is 127 Å². The number of H-pyrrole nitrogens is 1. The molecule has 7 nitrogen and oxygen atoms in total. The molecule has 2 aromatic rings. The Balaban J connectivity index is 0.000000243. The fourth-order valence-electron chi connectivity index (χ4n) is 1.96. The molecule has 0 saturated carbocycles. The molecule has 0 amide bonds. The number of carbonyl (C=O) groups is 1. The average molecular weight is 334 g/mol. The Morgan fingerprint density at radius 2 is 1.96 bits per heavy atom. The van der Waals surface area contributed by atoms with Gasteiger partial charge in [0.15, 0.2) is 0 Å². The molecule has 1 heterocycles. The molecule has 6 N–H and O–H groups in total. The van der Waals surface area contributed by atoms with Gasteiger partial charge in [0.1, 0.15) is 18.4 Å². The number of aliphatic carboxylic acids is 1. The minimum atomic E-state index is -1.00. The van der Waals surface area contributed by atoms with Crippen molar-refractivity contribution in [2.75, 3.05) is 6.61 Å². The molecule has 0 spiro atoms. The van der Waals surface area contributed by atoms with E-state index in [1.54, 1.807) is 6.20 Å². The summed E-state index contributed by atoms with van der Waals surface area (Å²) in [6, 6.07) is 5.35. The van der Waals surface area contributed by atoms with Crippen molar-refractivity contribution in [3.63, 3.8) is 0 Å². The van der Waals surface area contributed by atoms with E-state index in [-0.39, 0.29) is 12.5 Å². The number of carboxylic acid groups (broad SMARTS) is 1. The van der Waals surface area contributed by atoms with Gasteiger partial charge in [-0.2, -0.15) is 0 Å². The van der Waals surface area contributed by atoms with Crippen LogP contribution in [0.15, 0.2) is 30.7 Å². The van der Waals surface area contributed by atoms with Crippen LogP contribution < -0.4 is 16.2 Å². The monoisotopic (exact) mass is 334 g/mol. The third-order valence-electron chi connectivity index (χ3n) is 3.21. The fraction of sp³-hybridized carbons (Fsp3) is 0.412. The number of aromatic nitrogens is 2. The highest BCUT2D eigenvalue weighted by molar-refractivity contribution is 5.73. The van der Waals surface area contributed by atoms with Crippen LogP contribution in [0.1, 0.15) is 23.7 Å². The number of ether oxygens (including phenoxy) is 1. The summed E-state index contributed by atoms with van der Waals surface area (Å²) in [5.74, 6) is -0.0283. The first kappa shape index (κ1) is 19.7. The zero-order chi connectivity index (χ0) is 18.1. The molecule has 0 fully saturated rings. The lowest BCUT2D eigenvalue weighted by Gasteiger charge is -2.13. The molecule has 0 aliphatic heterocycles. The third-order valence-corrected chi connectivity index (χ3v) is 3.21. The molecular formula is C17H26N4O3. The SMILES string of the molecule is Cc1cccc(C)c1OCC(C)N.N[C@@H](Cc1cnc[nH]1)C(=O)O. The average Bonchev–Trinajstić information content (AvgIpc) is 3.00. The largest absolute Gasteiger partial charge is 0.491 e. The number of benzene rings is 1. The van der Waals surface area contributed by atoms with Gasteiger partial charge in [-0.05, 0) is 31.9 Å². The van der Waals surface area contributed by atoms with E-state index in [1.165, 1.54) is 17.5 Å². The lowest BCUT2D eigenvalue weighted by molar-refractivity contribution is -0.138. The molecule has 1 aromatic carbocycles. The number of hydrogen-bond donors (Lipinski definition) is 4. The molecule has 0 bridgehead atoms. The number of nitrogens with zero attached hydrogens (tertiary/aromatic N) is 1. The van der Waals surface area contributed by atoms with Crippen LogP contribution in [0.2, 0.25) is 0 Å². The van der Waals surface area contributed by atoms with E-state index in [0.29, 0.717) is 6.61 Å². The standard InChI is InChI=1S/C11H17NO.C6H9N3O2/c1-8-5-4-6-9(2)11(8)13-7-10(3)12;7-5(6(10)11)1-4-2-8-3-9-4/h4-6,10H,7,12H2,1-3H3;2-3,5H,1,7H2,(H,8,9)(H,10,11)/t;5-/m.0/s1. The molecule has 2 atom stereocenters. The Kier molecular flexibility index (Phi) is 7.94. The van der Waals surface area contributed by atoms with Gasteiger partial charge in [0.05, 0.1) is 6.33 Å². The van der Waals surface area contributed by atoms with Gasteiger partial charge in [-0.1, -0.05) is 18.2 Å².